The second kappa shape index (κ2) is 13.2. The fourth-order valence-electron chi connectivity index (χ4n) is 9.59. The molecule has 0 unspecified atom stereocenters. The van der Waals surface area contributed by atoms with Gasteiger partial charge in [-0.3, -0.25) is 0 Å². The summed E-state index contributed by atoms with van der Waals surface area (Å²) in [6, 6.07) is 53.7. The molecule has 7 aromatic carbocycles. The van der Waals surface area contributed by atoms with Gasteiger partial charge >= 0.3 is 6.85 Å². The molecule has 2 aliphatic heterocycles. The molecule has 8 aromatic rings. The lowest BCUT2D eigenvalue weighted by molar-refractivity contribution is 0.590. The first-order valence-corrected chi connectivity index (χ1v) is 22.0. The maximum absolute atomic E-state index is 2.68. The lowest BCUT2D eigenvalue weighted by atomic mass is 9.42. The quantitative estimate of drug-likeness (QED) is 0.165. The molecule has 10 rings (SSSR count). The van der Waals surface area contributed by atoms with Gasteiger partial charge in [0.25, 0.3) is 0 Å². The number of aryl methyl sites for hydroxylation is 1. The van der Waals surface area contributed by atoms with E-state index in [1.54, 1.807) is 0 Å². The summed E-state index contributed by atoms with van der Waals surface area (Å²) in [5.74, 6) is 0. The first-order chi connectivity index (χ1) is 28.1. The van der Waals surface area contributed by atoms with Gasteiger partial charge in [0.2, 0.25) is 0 Å². The molecule has 292 valence electrons. The van der Waals surface area contributed by atoms with Gasteiger partial charge in [0.15, 0.2) is 0 Å². The minimum atomic E-state index is -0.0731. The molecule has 0 radical (unpaired) electrons. The highest BCUT2D eigenvalue weighted by Crippen LogP contribution is 2.51. The van der Waals surface area contributed by atoms with E-state index in [1.807, 2.05) is 11.3 Å². The first kappa shape index (κ1) is 37.7. The van der Waals surface area contributed by atoms with Crippen molar-refractivity contribution in [3.8, 4) is 22.3 Å². The molecule has 0 bridgehead atoms. The molecule has 2 nitrogen and oxygen atoms in total. The number of fused-ring (bicyclic) bond motifs is 8. The Bertz CT molecular complexity index is 2950. The highest BCUT2D eigenvalue weighted by molar-refractivity contribution is 7.26. The number of hydrogen-bond acceptors (Lipinski definition) is 3. The second-order valence-electron chi connectivity index (χ2n) is 19.9. The van der Waals surface area contributed by atoms with Crippen LogP contribution >= 0.6 is 11.3 Å². The molecular weight excluding hydrogens is 731 g/mol. The molecule has 0 spiro atoms. The van der Waals surface area contributed by atoms with Gasteiger partial charge in [-0.1, -0.05) is 141 Å². The molecule has 0 atom stereocenters. The van der Waals surface area contributed by atoms with E-state index in [0.717, 1.165) is 0 Å². The fraction of sp³-hybridized carbons (Fsp3) is 0.236. The van der Waals surface area contributed by atoms with Gasteiger partial charge in [0.05, 0.1) is 5.69 Å². The summed E-state index contributed by atoms with van der Waals surface area (Å²) in [4.78, 5) is 5.30. The molecule has 4 heteroatoms. The Hall–Kier alpha value is -5.58. The molecule has 0 amide bonds. The van der Waals surface area contributed by atoms with Crippen LogP contribution in [0, 0.1) is 6.92 Å². The maximum atomic E-state index is 2.68. The molecule has 0 saturated heterocycles. The highest BCUT2D eigenvalue weighted by atomic mass is 32.1. The molecule has 0 fully saturated rings. The van der Waals surface area contributed by atoms with Crippen molar-refractivity contribution >= 4 is 77.7 Å². The normalized spacial score (nSPS) is 13.8. The van der Waals surface area contributed by atoms with Crippen LogP contribution in [-0.2, 0) is 16.2 Å². The summed E-state index contributed by atoms with van der Waals surface area (Å²) in [5.41, 5.74) is 19.3. The zero-order valence-electron chi connectivity index (χ0n) is 36.2. The molecule has 3 heterocycles. The molecule has 59 heavy (non-hydrogen) atoms. The number of nitrogens with zero attached hydrogens (tertiary/aromatic N) is 2. The summed E-state index contributed by atoms with van der Waals surface area (Å²) in [7, 11) is 0. The molecule has 2 aliphatic rings. The van der Waals surface area contributed by atoms with Crippen molar-refractivity contribution in [2.75, 3.05) is 9.71 Å². The number of anilines is 5. The van der Waals surface area contributed by atoms with E-state index in [0.29, 0.717) is 0 Å². The highest BCUT2D eigenvalue weighted by Gasteiger charge is 2.47. The van der Waals surface area contributed by atoms with E-state index in [-0.39, 0.29) is 23.1 Å². The molecular formula is C55H53BN2S. The van der Waals surface area contributed by atoms with Crippen LogP contribution in [0.5, 0.6) is 0 Å². The SMILES string of the molecule is Cc1cc2c3c(c1)N(c1ccc(C(C)(C)C)cc1-c1ccccc1)c1ccc4sc5ccccc5c4c1B3N(c1ccc(C(C)(C)C)cc1)c1ccc(C(C)(C)C)cc1-2. The minimum absolute atomic E-state index is 0.00523. The Labute approximate surface area is 355 Å². The molecule has 0 saturated carbocycles. The minimum Gasteiger partial charge on any atom is -0.376 e. The van der Waals surface area contributed by atoms with Gasteiger partial charge in [-0.15, -0.1) is 11.3 Å². The van der Waals surface area contributed by atoms with E-state index in [1.165, 1.54) is 104 Å². The topological polar surface area (TPSA) is 6.48 Å². The van der Waals surface area contributed by atoms with E-state index >= 15 is 0 Å². The van der Waals surface area contributed by atoms with Crippen LogP contribution in [0.2, 0.25) is 0 Å². The number of benzene rings is 7. The van der Waals surface area contributed by atoms with Gasteiger partial charge < -0.3 is 9.71 Å². The van der Waals surface area contributed by atoms with E-state index in [9.17, 15) is 0 Å². The summed E-state index contributed by atoms with van der Waals surface area (Å²) < 4.78 is 2.65. The van der Waals surface area contributed by atoms with Crippen molar-refractivity contribution in [1.82, 2.24) is 0 Å². The summed E-state index contributed by atoms with van der Waals surface area (Å²) in [6.07, 6.45) is 0. The van der Waals surface area contributed by atoms with Crippen molar-refractivity contribution in [3.05, 3.63) is 162 Å². The Kier molecular flexibility index (Phi) is 8.44. The number of thiophene rings is 1. The van der Waals surface area contributed by atoms with Crippen LogP contribution in [-0.4, -0.2) is 6.85 Å². The van der Waals surface area contributed by atoms with Crippen LogP contribution in [0.1, 0.15) is 84.6 Å². The number of rotatable bonds is 3. The van der Waals surface area contributed by atoms with Crippen LogP contribution in [0.25, 0.3) is 42.4 Å². The average molecular weight is 785 g/mol. The third-order valence-electron chi connectivity index (χ3n) is 12.8. The largest absolute Gasteiger partial charge is 0.376 e. The maximum Gasteiger partial charge on any atom is 0.333 e. The van der Waals surface area contributed by atoms with E-state index < -0.39 is 0 Å². The standard InChI is InChI=1S/C55H53BN2S/c1-34-30-43-42-33-38(55(8,9)10)23-27-45(42)58(39-24-20-36(21-25-39)53(2,3)4)56-51(43)47(31-34)57(46-28-29-49-50(52(46)56)40-18-14-15-19-48(40)59-49)44-26-22-37(54(5,6)7)32-41(44)35-16-12-11-13-17-35/h11-33H,1-10H3. The third kappa shape index (κ3) is 6.05. The van der Waals surface area contributed by atoms with Crippen molar-refractivity contribution < 1.29 is 0 Å². The summed E-state index contributed by atoms with van der Waals surface area (Å²) in [6.45, 7) is 23.1. The van der Waals surface area contributed by atoms with Crippen molar-refractivity contribution in [3.63, 3.8) is 0 Å². The molecule has 1 aromatic heterocycles. The lowest BCUT2D eigenvalue weighted by Gasteiger charge is -2.47. The van der Waals surface area contributed by atoms with Crippen LogP contribution in [0.4, 0.5) is 28.4 Å². The Balaban J connectivity index is 1.37. The smallest absolute Gasteiger partial charge is 0.333 e. The van der Waals surface area contributed by atoms with Crippen LogP contribution in [0.3, 0.4) is 0 Å². The lowest BCUT2D eigenvalue weighted by Crippen LogP contribution is -2.61. The van der Waals surface area contributed by atoms with Crippen LogP contribution in [0.15, 0.2) is 140 Å². The van der Waals surface area contributed by atoms with E-state index in [4.69, 9.17) is 0 Å². The predicted octanol–water partition coefficient (Wildman–Crippen LogP) is 14.6. The van der Waals surface area contributed by atoms with Crippen molar-refractivity contribution in [1.29, 1.82) is 0 Å². The van der Waals surface area contributed by atoms with Crippen molar-refractivity contribution in [2.24, 2.45) is 0 Å². The van der Waals surface area contributed by atoms with Gasteiger partial charge in [0.1, 0.15) is 0 Å². The summed E-state index contributed by atoms with van der Waals surface area (Å²) in [5, 5.41) is 2.68. The Morgan fingerprint density at radius 2 is 1.05 bits per heavy atom. The predicted molar refractivity (Wildman–Crippen MR) is 259 cm³/mol. The third-order valence-corrected chi connectivity index (χ3v) is 13.9. The van der Waals surface area contributed by atoms with Gasteiger partial charge in [-0.2, -0.15) is 0 Å². The molecule has 0 aliphatic carbocycles. The fourth-order valence-corrected chi connectivity index (χ4v) is 10.7. The van der Waals surface area contributed by atoms with Gasteiger partial charge in [-0.25, -0.2) is 0 Å². The van der Waals surface area contributed by atoms with Gasteiger partial charge in [-0.05, 0) is 139 Å². The number of hydrogen-bond donors (Lipinski definition) is 0. The first-order valence-electron chi connectivity index (χ1n) is 21.2. The zero-order chi connectivity index (χ0) is 41.2. The van der Waals surface area contributed by atoms with Crippen LogP contribution < -0.4 is 20.6 Å². The second-order valence-corrected chi connectivity index (χ2v) is 21.0. The molecule has 0 N–H and O–H groups in total. The zero-order valence-corrected chi connectivity index (χ0v) is 37.0. The van der Waals surface area contributed by atoms with Gasteiger partial charge in [0, 0.05) is 43.3 Å². The summed E-state index contributed by atoms with van der Waals surface area (Å²) >= 11 is 1.91. The Morgan fingerprint density at radius 3 is 1.73 bits per heavy atom. The van der Waals surface area contributed by atoms with Crippen molar-refractivity contribution in [2.45, 2.75) is 85.5 Å². The average Bonchev–Trinajstić information content (AvgIpc) is 3.59. The van der Waals surface area contributed by atoms with E-state index in [2.05, 4.69) is 218 Å². The monoisotopic (exact) mass is 784 g/mol. The Morgan fingerprint density at radius 1 is 0.458 bits per heavy atom.